The first-order valence-corrected chi connectivity index (χ1v) is 3.77. The van der Waals surface area contributed by atoms with Gasteiger partial charge in [0.2, 0.25) is 0 Å². The van der Waals surface area contributed by atoms with Crippen LogP contribution in [0.25, 0.3) is 0 Å². The molecule has 19 heteroatoms. The Bertz CT molecular complexity index is 202. The van der Waals surface area contributed by atoms with Crippen LogP contribution in [-0.2, 0) is 27.4 Å². The molecule has 0 saturated carbocycles. The van der Waals surface area contributed by atoms with E-state index in [0.29, 0.717) is 0 Å². The SMILES string of the molecule is [Na+].[Na+].[Na+].[O-]B1OB([O-])O[B-]2(O1)OB([O-])OB([O-])O2.[Sr+2]. The van der Waals surface area contributed by atoms with E-state index >= 15 is 0 Å². The molecule has 0 N–H and O–H groups in total. The topological polar surface area (TPSA) is 148 Å². The van der Waals surface area contributed by atoms with Crippen LogP contribution >= 0.6 is 0 Å². The summed E-state index contributed by atoms with van der Waals surface area (Å²) in [5, 5.41) is 42.9. The molecule has 19 heavy (non-hydrogen) atoms. The van der Waals surface area contributed by atoms with Gasteiger partial charge in [-0.1, -0.05) is 0 Å². The molecule has 2 aliphatic heterocycles. The van der Waals surface area contributed by atoms with Gasteiger partial charge in [-0.25, -0.2) is 0 Å². The summed E-state index contributed by atoms with van der Waals surface area (Å²) in [5.74, 6) is 0. The first-order valence-electron chi connectivity index (χ1n) is 3.77. The summed E-state index contributed by atoms with van der Waals surface area (Å²) in [5.41, 5.74) is 0. The van der Waals surface area contributed by atoms with E-state index in [1.165, 1.54) is 0 Å². The van der Waals surface area contributed by atoms with E-state index in [1.54, 1.807) is 0 Å². The molecule has 2 rings (SSSR count). The van der Waals surface area contributed by atoms with Crippen LogP contribution in [0.5, 0.6) is 0 Å². The van der Waals surface area contributed by atoms with E-state index in [-0.39, 0.29) is 134 Å². The van der Waals surface area contributed by atoms with Crippen molar-refractivity contribution in [3.05, 3.63) is 0 Å². The molecule has 1 spiro atoms. The van der Waals surface area contributed by atoms with Gasteiger partial charge >= 0.3 is 141 Å². The fraction of sp³-hybridized carbons (Fsp3) is 0. The third-order valence-electron chi connectivity index (χ3n) is 1.56. The third-order valence-corrected chi connectivity index (χ3v) is 1.56. The molecule has 2 aliphatic rings. The summed E-state index contributed by atoms with van der Waals surface area (Å²) >= 11 is 0. The summed E-state index contributed by atoms with van der Waals surface area (Å²) < 4.78 is 24.9. The van der Waals surface area contributed by atoms with Gasteiger partial charge in [0.15, 0.2) is 0 Å². The Balaban J connectivity index is -0.000000640. The molecule has 0 aromatic rings. The third kappa shape index (κ3) is 8.88. The van der Waals surface area contributed by atoms with Crippen molar-refractivity contribution >= 4 is 81.7 Å². The van der Waals surface area contributed by atoms with E-state index in [9.17, 15) is 20.1 Å². The van der Waals surface area contributed by atoms with Gasteiger partial charge in [-0.2, -0.15) is 0 Å². The van der Waals surface area contributed by atoms with E-state index in [0.717, 1.165) is 0 Å². The molecule has 2 heterocycles. The molecule has 0 aromatic heterocycles. The molecule has 0 unspecified atom stereocenters. The van der Waals surface area contributed by atoms with Crippen LogP contribution in [0, 0.1) is 0 Å². The van der Waals surface area contributed by atoms with Crippen molar-refractivity contribution in [1.29, 1.82) is 0 Å². The predicted octanol–water partition coefficient (Wildman–Crippen LogP) is -16.4. The van der Waals surface area contributed by atoms with E-state index in [1.807, 2.05) is 0 Å². The molecule has 0 aromatic carbocycles. The molecule has 0 atom stereocenters. The Hall–Kier alpha value is 4.41. The zero-order valence-electron chi connectivity index (χ0n) is 10.7. The van der Waals surface area contributed by atoms with Crippen LogP contribution in [0.15, 0.2) is 0 Å². The first kappa shape index (κ1) is 28.2. The largest absolute Gasteiger partial charge is 2.00 e. The van der Waals surface area contributed by atoms with E-state index < -0.39 is 36.2 Å². The Morgan fingerprint density at radius 2 is 0.789 bits per heavy atom. The smallest absolute Gasteiger partial charge is 0.835 e. The minimum atomic E-state index is -3.46. The van der Waals surface area contributed by atoms with Crippen molar-refractivity contribution in [3.63, 3.8) is 0 Å². The average molecular weight is 371 g/mol. The van der Waals surface area contributed by atoms with Crippen molar-refractivity contribution in [2.75, 3.05) is 0 Å². The second-order valence-corrected chi connectivity index (χ2v) is 2.55. The Kier molecular flexibility index (Phi) is 18.9. The van der Waals surface area contributed by atoms with Crippen LogP contribution in [0.3, 0.4) is 0 Å². The van der Waals surface area contributed by atoms with Crippen LogP contribution in [0.1, 0.15) is 0 Å². The number of rotatable bonds is 0. The molecule has 0 radical (unpaired) electrons. The maximum atomic E-state index is 10.7. The van der Waals surface area contributed by atoms with Gasteiger partial charge in [0.1, 0.15) is 0 Å². The van der Waals surface area contributed by atoms with Crippen LogP contribution < -0.4 is 109 Å². The number of hydrogen-bond donors (Lipinski definition) is 0. The Labute approximate surface area is 213 Å². The zero-order chi connectivity index (χ0) is 11.1. The van der Waals surface area contributed by atoms with Gasteiger partial charge in [-0.05, 0) is 0 Å². The number of hydrogen-bond acceptors (Lipinski definition) is 10. The Morgan fingerprint density at radius 3 is 1.00 bits per heavy atom. The standard InChI is InChI=1S/B5O10.3Na.Sr/c6-1-10-2(7)13-5(12-1)14-3(8)11-4(9)15-5;;;;/q-5;3*+1;+2. The molecular formula is B5Na3O10Sr. The summed E-state index contributed by atoms with van der Waals surface area (Å²) in [7, 11) is -9.06. The molecule has 0 bridgehead atoms. The van der Waals surface area contributed by atoms with Gasteiger partial charge in [-0.15, -0.1) is 0 Å². The molecule has 0 aliphatic carbocycles. The average Bonchev–Trinajstić information content (AvgIpc) is 1.96. The molecule has 0 amide bonds. The second-order valence-electron chi connectivity index (χ2n) is 2.55. The fourth-order valence-electron chi connectivity index (χ4n) is 1.05. The maximum Gasteiger partial charge on any atom is 2.00 e. The molecule has 2 saturated heterocycles. The van der Waals surface area contributed by atoms with Crippen molar-refractivity contribution in [1.82, 2.24) is 0 Å². The summed E-state index contributed by atoms with van der Waals surface area (Å²) in [6.07, 6.45) is 0. The van der Waals surface area contributed by atoms with Gasteiger partial charge in [0.25, 0.3) is 29.3 Å². The fourth-order valence-corrected chi connectivity index (χ4v) is 1.05. The van der Waals surface area contributed by atoms with E-state index in [2.05, 4.69) is 27.4 Å². The predicted molar refractivity (Wildman–Crippen MR) is 41.0 cm³/mol. The summed E-state index contributed by atoms with van der Waals surface area (Å²) in [6.45, 7) is -3.46. The zero-order valence-corrected chi connectivity index (χ0v) is 20.2. The van der Waals surface area contributed by atoms with Crippen LogP contribution in [0.2, 0.25) is 0 Å². The quantitative estimate of drug-likeness (QED) is 0.376. The van der Waals surface area contributed by atoms with Crippen molar-refractivity contribution in [2.24, 2.45) is 0 Å². The van der Waals surface area contributed by atoms with Crippen LogP contribution in [-0.4, -0.2) is 81.7 Å². The summed E-state index contributed by atoms with van der Waals surface area (Å²) in [6, 6.07) is 0. The van der Waals surface area contributed by atoms with Crippen LogP contribution in [0.4, 0.5) is 0 Å². The van der Waals surface area contributed by atoms with Gasteiger partial charge in [0.05, 0.1) is 0 Å². The summed E-state index contributed by atoms with van der Waals surface area (Å²) in [4.78, 5) is 0. The van der Waals surface area contributed by atoms with E-state index in [4.69, 9.17) is 0 Å². The molecular weight excluding hydrogens is 371 g/mol. The van der Waals surface area contributed by atoms with Crippen molar-refractivity contribution < 1.29 is 136 Å². The van der Waals surface area contributed by atoms with Gasteiger partial charge in [-0.3, -0.25) is 0 Å². The van der Waals surface area contributed by atoms with Gasteiger partial charge < -0.3 is 47.5 Å². The molecule has 10 nitrogen and oxygen atoms in total. The van der Waals surface area contributed by atoms with Crippen molar-refractivity contribution in [2.45, 2.75) is 0 Å². The molecule has 2 fully saturated rings. The van der Waals surface area contributed by atoms with Crippen molar-refractivity contribution in [3.8, 4) is 0 Å². The Morgan fingerprint density at radius 1 is 0.579 bits per heavy atom. The minimum Gasteiger partial charge on any atom is -0.835 e. The normalized spacial score (nSPS) is 20.8. The molecule has 80 valence electrons. The van der Waals surface area contributed by atoms with Gasteiger partial charge in [0, 0.05) is 0 Å². The monoisotopic (exact) mass is 372 g/mol. The maximum absolute atomic E-state index is 10.7. The minimum absolute atomic E-state index is 0. The first-order chi connectivity index (χ1) is 6.99. The second kappa shape index (κ2) is 12.7.